The summed E-state index contributed by atoms with van der Waals surface area (Å²) in [5, 5.41) is 10.8. The van der Waals surface area contributed by atoms with Gasteiger partial charge in [-0.15, -0.1) is 0 Å². The van der Waals surface area contributed by atoms with Crippen molar-refractivity contribution in [1.29, 1.82) is 0 Å². The van der Waals surface area contributed by atoms with E-state index in [1.165, 1.54) is 31.2 Å². The average Bonchev–Trinajstić information content (AvgIpc) is 3.01. The van der Waals surface area contributed by atoms with Crippen LogP contribution in [0.5, 0.6) is 5.75 Å². The molecule has 0 amide bonds. The zero-order valence-electron chi connectivity index (χ0n) is 19.6. The van der Waals surface area contributed by atoms with Gasteiger partial charge in [0.15, 0.2) is 0 Å². The van der Waals surface area contributed by atoms with Crippen molar-refractivity contribution in [3.8, 4) is 5.75 Å². The van der Waals surface area contributed by atoms with Crippen LogP contribution in [-0.2, 0) is 29.0 Å². The monoisotopic (exact) mass is 447 g/mol. The number of rotatable bonds is 8. The van der Waals surface area contributed by atoms with Gasteiger partial charge in [-0.05, 0) is 29.9 Å². The largest absolute Gasteiger partial charge is 0.507 e. The predicted octanol–water partition coefficient (Wildman–Crippen LogP) is 5.06. The number of aromatic nitrogens is 2. The van der Waals surface area contributed by atoms with Gasteiger partial charge in [0.1, 0.15) is 37.8 Å². The molecule has 1 aliphatic carbocycles. The van der Waals surface area contributed by atoms with Crippen LogP contribution in [-0.4, -0.2) is 22.2 Å². The topological polar surface area (TPSA) is 55.3 Å². The second-order valence-corrected chi connectivity index (χ2v) is 9.09. The maximum absolute atomic E-state index is 12.5. The van der Waals surface area contributed by atoms with Gasteiger partial charge in [0.05, 0.1) is 6.42 Å². The Morgan fingerprint density at radius 1 is 1.06 bits per heavy atom. The first-order valence-corrected chi connectivity index (χ1v) is 12.2. The van der Waals surface area contributed by atoms with Crippen LogP contribution in [0.15, 0.2) is 60.9 Å². The maximum atomic E-state index is 12.5. The molecule has 1 saturated carbocycles. The molecule has 0 spiro atoms. The van der Waals surface area contributed by atoms with Gasteiger partial charge >= 0.3 is 5.97 Å². The molecule has 0 aliphatic heterocycles. The lowest BCUT2D eigenvalue weighted by Gasteiger charge is -2.18. The smallest absolute Gasteiger partial charge is 0.310 e. The summed E-state index contributed by atoms with van der Waals surface area (Å²) < 4.78 is 9.80. The van der Waals surface area contributed by atoms with Gasteiger partial charge < -0.3 is 9.84 Å². The molecular formula is C28H35N2O3+. The summed E-state index contributed by atoms with van der Waals surface area (Å²) in [5.74, 6) is 1.49. The molecular weight excluding hydrogens is 412 g/mol. The van der Waals surface area contributed by atoms with E-state index in [-0.39, 0.29) is 18.1 Å². The standard InChI is InChI=1S/C28H34N2O3/c1-22-29(16-17-30(22)21-23-10-5-4-6-11-23)18-19-33-27(31)20-25-14-9-15-26(28(25)32)24-12-7-2-3-8-13-24/h4-6,9-11,14-17,24H,2-3,7-8,12-13,18-21H2,1H3/p+1. The summed E-state index contributed by atoms with van der Waals surface area (Å²) in [5.41, 5.74) is 2.91. The van der Waals surface area contributed by atoms with Crippen LogP contribution in [0.3, 0.4) is 0 Å². The molecule has 1 aliphatic rings. The van der Waals surface area contributed by atoms with Crippen molar-refractivity contribution in [2.45, 2.75) is 70.9 Å². The van der Waals surface area contributed by atoms with E-state index < -0.39 is 0 Å². The van der Waals surface area contributed by atoms with Crippen molar-refractivity contribution < 1.29 is 19.2 Å². The molecule has 174 valence electrons. The van der Waals surface area contributed by atoms with Gasteiger partial charge in [-0.1, -0.05) is 74.2 Å². The zero-order valence-corrected chi connectivity index (χ0v) is 19.6. The Morgan fingerprint density at radius 3 is 2.58 bits per heavy atom. The molecule has 0 atom stereocenters. The number of carbonyl (C=O) groups is 1. The first-order chi connectivity index (χ1) is 16.1. The summed E-state index contributed by atoms with van der Waals surface area (Å²) in [6.07, 6.45) is 11.4. The quantitative estimate of drug-likeness (QED) is 0.298. The van der Waals surface area contributed by atoms with E-state index in [0.29, 0.717) is 24.6 Å². The lowest BCUT2D eigenvalue weighted by molar-refractivity contribution is -0.694. The van der Waals surface area contributed by atoms with Crippen molar-refractivity contribution in [1.82, 2.24) is 4.57 Å². The zero-order chi connectivity index (χ0) is 23.0. The number of aromatic hydroxyl groups is 1. The fourth-order valence-electron chi connectivity index (χ4n) is 4.86. The minimum atomic E-state index is -0.301. The van der Waals surface area contributed by atoms with Crippen molar-refractivity contribution in [3.05, 3.63) is 83.4 Å². The Morgan fingerprint density at radius 2 is 1.82 bits per heavy atom. The van der Waals surface area contributed by atoms with Crippen LogP contribution in [0, 0.1) is 6.92 Å². The Bertz CT molecular complexity index is 1050. The Labute approximate surface area is 196 Å². The molecule has 2 aromatic carbocycles. The second-order valence-electron chi connectivity index (χ2n) is 9.09. The number of ether oxygens (including phenoxy) is 1. The third-order valence-electron chi connectivity index (χ3n) is 6.83. The van der Waals surface area contributed by atoms with E-state index in [1.54, 1.807) is 0 Å². The second kappa shape index (κ2) is 11.2. The molecule has 0 saturated heterocycles. The molecule has 5 heteroatoms. The van der Waals surface area contributed by atoms with Crippen molar-refractivity contribution in [2.24, 2.45) is 0 Å². The lowest BCUT2D eigenvalue weighted by atomic mass is 9.89. The third kappa shape index (κ3) is 6.04. The molecule has 0 radical (unpaired) electrons. The molecule has 5 nitrogen and oxygen atoms in total. The molecule has 0 unspecified atom stereocenters. The lowest BCUT2D eigenvalue weighted by Crippen LogP contribution is -2.36. The average molecular weight is 448 g/mol. The highest BCUT2D eigenvalue weighted by Crippen LogP contribution is 2.37. The van der Waals surface area contributed by atoms with Crippen LogP contribution < -0.4 is 4.57 Å². The number of esters is 1. The van der Waals surface area contributed by atoms with Crippen molar-refractivity contribution >= 4 is 5.97 Å². The number of imidazole rings is 1. The third-order valence-corrected chi connectivity index (χ3v) is 6.83. The molecule has 0 bridgehead atoms. The molecule has 33 heavy (non-hydrogen) atoms. The number of hydrogen-bond acceptors (Lipinski definition) is 3. The number of nitrogens with zero attached hydrogens (tertiary/aromatic N) is 2. The Balaban J connectivity index is 1.30. The highest BCUT2D eigenvalue weighted by molar-refractivity contribution is 5.73. The van der Waals surface area contributed by atoms with E-state index in [1.807, 2.05) is 42.6 Å². The molecule has 3 aromatic rings. The van der Waals surface area contributed by atoms with E-state index in [9.17, 15) is 9.90 Å². The van der Waals surface area contributed by atoms with Crippen molar-refractivity contribution in [3.63, 3.8) is 0 Å². The van der Waals surface area contributed by atoms with Gasteiger partial charge in [-0.3, -0.25) is 4.79 Å². The minimum Gasteiger partial charge on any atom is -0.507 e. The predicted molar refractivity (Wildman–Crippen MR) is 128 cm³/mol. The molecule has 4 rings (SSSR count). The van der Waals surface area contributed by atoms with E-state index in [0.717, 1.165) is 30.8 Å². The number of phenolic OH excluding ortho intramolecular Hbond substituents is 1. The van der Waals surface area contributed by atoms with E-state index in [4.69, 9.17) is 4.74 Å². The number of para-hydroxylation sites is 1. The Kier molecular flexibility index (Phi) is 7.82. The van der Waals surface area contributed by atoms with Crippen LogP contribution >= 0.6 is 0 Å². The van der Waals surface area contributed by atoms with Gasteiger partial charge in [0.2, 0.25) is 0 Å². The van der Waals surface area contributed by atoms with Gasteiger partial charge in [0.25, 0.3) is 5.82 Å². The number of hydrogen-bond donors (Lipinski definition) is 1. The molecule has 1 aromatic heterocycles. The van der Waals surface area contributed by atoms with Gasteiger partial charge in [-0.2, -0.15) is 0 Å². The molecule has 1 N–H and O–H groups in total. The van der Waals surface area contributed by atoms with E-state index >= 15 is 0 Å². The maximum Gasteiger partial charge on any atom is 0.310 e. The fourth-order valence-corrected chi connectivity index (χ4v) is 4.86. The van der Waals surface area contributed by atoms with Crippen LogP contribution in [0.1, 0.15) is 67.0 Å². The van der Waals surface area contributed by atoms with Crippen LogP contribution in [0.4, 0.5) is 0 Å². The summed E-state index contributed by atoms with van der Waals surface area (Å²) >= 11 is 0. The summed E-state index contributed by atoms with van der Waals surface area (Å²) in [6.45, 7) is 3.80. The summed E-state index contributed by atoms with van der Waals surface area (Å²) in [4.78, 5) is 12.5. The van der Waals surface area contributed by atoms with E-state index in [2.05, 4.69) is 34.4 Å². The van der Waals surface area contributed by atoms with Crippen LogP contribution in [0.2, 0.25) is 0 Å². The first kappa shape index (κ1) is 23.1. The van der Waals surface area contributed by atoms with Gasteiger partial charge in [-0.25, -0.2) is 9.13 Å². The highest BCUT2D eigenvalue weighted by Gasteiger charge is 2.20. The SMILES string of the molecule is Cc1n(CCOC(=O)Cc2cccc(C3CCCCCC3)c2O)cc[n+]1Cc1ccccc1. The Hall–Kier alpha value is -3.08. The van der Waals surface area contributed by atoms with Crippen molar-refractivity contribution in [2.75, 3.05) is 6.61 Å². The number of phenols is 1. The minimum absolute atomic E-state index is 0.102. The van der Waals surface area contributed by atoms with Gasteiger partial charge in [0, 0.05) is 12.5 Å². The highest BCUT2D eigenvalue weighted by atomic mass is 16.5. The summed E-state index contributed by atoms with van der Waals surface area (Å²) in [7, 11) is 0. The fraction of sp³-hybridized carbons (Fsp3) is 0.429. The molecule has 1 heterocycles. The summed E-state index contributed by atoms with van der Waals surface area (Å²) in [6, 6.07) is 16.2. The van der Waals surface area contributed by atoms with Crippen LogP contribution in [0.25, 0.3) is 0 Å². The molecule has 1 fully saturated rings. The number of carbonyl (C=O) groups excluding carboxylic acids is 1. The number of benzene rings is 2. The normalized spacial score (nSPS) is 14.7. The first-order valence-electron chi connectivity index (χ1n) is 12.2.